The van der Waals surface area contributed by atoms with Crippen LogP contribution in [0.4, 0.5) is 4.79 Å². The van der Waals surface area contributed by atoms with Crippen LogP contribution in [0.15, 0.2) is 94.9 Å². The summed E-state index contributed by atoms with van der Waals surface area (Å²) in [5, 5.41) is 5.82. The molecular weight excluding hydrogens is 424 g/mol. The van der Waals surface area contributed by atoms with Gasteiger partial charge in [-0.25, -0.2) is 9.78 Å². The summed E-state index contributed by atoms with van der Waals surface area (Å²) in [5.41, 5.74) is 1.91. The zero-order valence-corrected chi connectivity index (χ0v) is 17.8. The highest BCUT2D eigenvalue weighted by Gasteiger charge is 2.15. The molecule has 0 saturated heterocycles. The summed E-state index contributed by atoms with van der Waals surface area (Å²) < 4.78 is 1.48. The number of nitrogens with one attached hydrogen (secondary N) is 2. The molecule has 4 aromatic rings. The van der Waals surface area contributed by atoms with Gasteiger partial charge >= 0.3 is 6.03 Å². The first-order valence-corrected chi connectivity index (χ1v) is 10.9. The average molecular weight is 445 g/mol. The van der Waals surface area contributed by atoms with Crippen LogP contribution in [0.5, 0.6) is 0 Å². The molecule has 32 heavy (non-hydrogen) atoms. The summed E-state index contributed by atoms with van der Waals surface area (Å²) in [4.78, 5) is 42.1. The van der Waals surface area contributed by atoms with E-state index in [1.165, 1.54) is 4.57 Å². The minimum Gasteiger partial charge on any atom is -0.334 e. The number of fused-ring (bicyclic) bond motifs is 1. The summed E-state index contributed by atoms with van der Waals surface area (Å²) in [5.74, 6) is -0.557. The van der Waals surface area contributed by atoms with Gasteiger partial charge in [0.25, 0.3) is 5.56 Å². The zero-order valence-electron chi connectivity index (χ0n) is 17.0. The Balaban J connectivity index is 1.48. The molecule has 7 nitrogen and oxygen atoms in total. The molecule has 0 spiro atoms. The molecule has 1 aromatic heterocycles. The fourth-order valence-electron chi connectivity index (χ4n) is 3.13. The molecule has 0 fully saturated rings. The molecule has 8 heteroatoms. The summed E-state index contributed by atoms with van der Waals surface area (Å²) in [6.45, 7) is 0.312. The molecule has 1 heterocycles. The summed E-state index contributed by atoms with van der Waals surface area (Å²) >= 11 is 1.10. The van der Waals surface area contributed by atoms with Crippen LogP contribution < -0.4 is 16.2 Å². The summed E-state index contributed by atoms with van der Waals surface area (Å²) in [6.07, 6.45) is 0. The second-order valence-electron chi connectivity index (χ2n) is 6.89. The van der Waals surface area contributed by atoms with Gasteiger partial charge in [-0.2, -0.15) is 0 Å². The highest BCUT2D eigenvalue weighted by atomic mass is 32.2. The van der Waals surface area contributed by atoms with Crippen molar-refractivity contribution in [2.75, 3.05) is 5.75 Å². The number of nitrogens with zero attached hydrogens (tertiary/aromatic N) is 2. The van der Waals surface area contributed by atoms with E-state index in [9.17, 15) is 14.4 Å². The number of imide groups is 1. The lowest BCUT2D eigenvalue weighted by atomic mass is 10.2. The van der Waals surface area contributed by atoms with Gasteiger partial charge in [0, 0.05) is 6.54 Å². The van der Waals surface area contributed by atoms with Crippen LogP contribution in [0, 0.1) is 0 Å². The summed E-state index contributed by atoms with van der Waals surface area (Å²) in [7, 11) is 0. The molecule has 2 N–H and O–H groups in total. The minimum atomic E-state index is -0.577. The van der Waals surface area contributed by atoms with Crippen LogP contribution in [0.25, 0.3) is 16.6 Å². The van der Waals surface area contributed by atoms with Crippen molar-refractivity contribution in [3.8, 4) is 5.69 Å². The number of benzene rings is 3. The fraction of sp³-hybridized carbons (Fsp3) is 0.0833. The topological polar surface area (TPSA) is 93.1 Å². The Morgan fingerprint density at radius 2 is 1.53 bits per heavy atom. The van der Waals surface area contributed by atoms with E-state index in [1.807, 2.05) is 48.5 Å². The monoisotopic (exact) mass is 444 g/mol. The van der Waals surface area contributed by atoms with Crippen LogP contribution in [0.3, 0.4) is 0 Å². The van der Waals surface area contributed by atoms with E-state index < -0.39 is 11.9 Å². The Kier molecular flexibility index (Phi) is 6.62. The van der Waals surface area contributed by atoms with Crippen molar-refractivity contribution in [2.45, 2.75) is 11.7 Å². The minimum absolute atomic E-state index is 0.0730. The van der Waals surface area contributed by atoms with E-state index in [0.717, 1.165) is 17.3 Å². The van der Waals surface area contributed by atoms with Crippen molar-refractivity contribution < 1.29 is 9.59 Å². The van der Waals surface area contributed by atoms with E-state index in [1.54, 1.807) is 36.4 Å². The quantitative estimate of drug-likeness (QED) is 0.351. The van der Waals surface area contributed by atoms with E-state index >= 15 is 0 Å². The molecule has 160 valence electrons. The molecule has 0 radical (unpaired) electrons. The Hall–Kier alpha value is -3.91. The number of thioether (sulfide) groups is 1. The van der Waals surface area contributed by atoms with Crippen LogP contribution in [-0.4, -0.2) is 27.2 Å². The van der Waals surface area contributed by atoms with E-state index in [0.29, 0.717) is 28.3 Å². The molecule has 3 aromatic carbocycles. The molecule has 0 aliphatic carbocycles. The number of hydrogen-bond donors (Lipinski definition) is 2. The van der Waals surface area contributed by atoms with E-state index in [-0.39, 0.29) is 11.3 Å². The average Bonchev–Trinajstić information content (AvgIpc) is 2.83. The predicted molar refractivity (Wildman–Crippen MR) is 125 cm³/mol. The van der Waals surface area contributed by atoms with Gasteiger partial charge in [0.2, 0.25) is 5.91 Å². The van der Waals surface area contributed by atoms with Crippen LogP contribution in [-0.2, 0) is 11.3 Å². The zero-order chi connectivity index (χ0) is 22.3. The first kappa shape index (κ1) is 21.3. The van der Waals surface area contributed by atoms with Gasteiger partial charge in [0.1, 0.15) is 0 Å². The van der Waals surface area contributed by atoms with Crippen LogP contribution >= 0.6 is 11.8 Å². The third kappa shape index (κ3) is 5.04. The van der Waals surface area contributed by atoms with Crippen molar-refractivity contribution in [3.63, 3.8) is 0 Å². The number of amides is 3. The van der Waals surface area contributed by atoms with Gasteiger partial charge in [-0.3, -0.25) is 19.5 Å². The maximum Gasteiger partial charge on any atom is 0.321 e. The number of aromatic nitrogens is 2. The van der Waals surface area contributed by atoms with E-state index in [4.69, 9.17) is 0 Å². The van der Waals surface area contributed by atoms with Crippen molar-refractivity contribution in [3.05, 3.63) is 101 Å². The van der Waals surface area contributed by atoms with Gasteiger partial charge in [0.15, 0.2) is 5.16 Å². The Labute approximate surface area is 188 Å². The van der Waals surface area contributed by atoms with Gasteiger partial charge in [0.05, 0.1) is 22.3 Å². The van der Waals surface area contributed by atoms with Gasteiger partial charge in [-0.1, -0.05) is 72.4 Å². The van der Waals surface area contributed by atoms with Gasteiger partial charge in [-0.05, 0) is 29.8 Å². The summed E-state index contributed by atoms with van der Waals surface area (Å²) in [6, 6.07) is 25.0. The predicted octanol–water partition coefficient (Wildman–Crippen LogP) is 3.50. The first-order valence-electron chi connectivity index (χ1n) is 9.93. The van der Waals surface area contributed by atoms with Crippen LogP contribution in [0.2, 0.25) is 0 Å². The molecule has 0 unspecified atom stereocenters. The first-order chi connectivity index (χ1) is 15.6. The number of rotatable bonds is 6. The molecule has 3 amide bonds. The number of para-hydroxylation sites is 2. The van der Waals surface area contributed by atoms with Crippen molar-refractivity contribution in [1.82, 2.24) is 20.2 Å². The standard InChI is InChI=1S/C24H20N4O3S/c29-21(27-23(31)25-15-17-9-3-1-4-10-17)16-32-24-26-20-14-8-7-13-19(20)22(30)28(24)18-11-5-2-6-12-18/h1-14H,15-16H2,(H2,25,27,29,31). The Morgan fingerprint density at radius 3 is 2.28 bits per heavy atom. The number of urea groups is 1. The maximum atomic E-state index is 13.1. The third-order valence-electron chi connectivity index (χ3n) is 4.64. The SMILES string of the molecule is O=C(CSc1nc2ccccc2c(=O)n1-c1ccccc1)NC(=O)NCc1ccccc1. The normalized spacial score (nSPS) is 10.6. The number of hydrogen-bond acceptors (Lipinski definition) is 5. The van der Waals surface area contributed by atoms with Gasteiger partial charge < -0.3 is 5.32 Å². The second-order valence-corrected chi connectivity index (χ2v) is 7.84. The number of carbonyl (C=O) groups is 2. The molecule has 0 atom stereocenters. The molecule has 0 aliphatic heterocycles. The van der Waals surface area contributed by atoms with Crippen molar-refractivity contribution in [1.29, 1.82) is 0 Å². The lowest BCUT2D eigenvalue weighted by molar-refractivity contribution is -0.117. The highest BCUT2D eigenvalue weighted by molar-refractivity contribution is 7.99. The largest absolute Gasteiger partial charge is 0.334 e. The highest BCUT2D eigenvalue weighted by Crippen LogP contribution is 2.21. The second kappa shape index (κ2) is 9.93. The maximum absolute atomic E-state index is 13.1. The lowest BCUT2D eigenvalue weighted by Gasteiger charge is -2.13. The van der Waals surface area contributed by atoms with Gasteiger partial charge in [-0.15, -0.1) is 0 Å². The van der Waals surface area contributed by atoms with Crippen LogP contribution in [0.1, 0.15) is 5.56 Å². The Morgan fingerprint density at radius 1 is 0.875 bits per heavy atom. The smallest absolute Gasteiger partial charge is 0.321 e. The molecule has 0 bridgehead atoms. The van der Waals surface area contributed by atoms with E-state index in [2.05, 4.69) is 15.6 Å². The lowest BCUT2D eigenvalue weighted by Crippen LogP contribution is -2.40. The third-order valence-corrected chi connectivity index (χ3v) is 5.58. The molecule has 4 rings (SSSR count). The number of carbonyl (C=O) groups excluding carboxylic acids is 2. The molecular formula is C24H20N4O3S. The van der Waals surface area contributed by atoms with Crippen molar-refractivity contribution >= 4 is 34.6 Å². The fourth-order valence-corrected chi connectivity index (χ4v) is 3.94. The molecule has 0 aliphatic rings. The molecule has 0 saturated carbocycles. The van der Waals surface area contributed by atoms with Crippen molar-refractivity contribution in [2.24, 2.45) is 0 Å². The Bertz CT molecular complexity index is 1310.